The molecule has 7 heteroatoms. The van der Waals surface area contributed by atoms with Crippen molar-refractivity contribution in [3.8, 4) is 0 Å². The Bertz CT molecular complexity index is 495. The van der Waals surface area contributed by atoms with Crippen LogP contribution in [0.1, 0.15) is 39.4 Å². The predicted octanol–water partition coefficient (Wildman–Crippen LogP) is 1.98. The first-order valence-electron chi connectivity index (χ1n) is 5.74. The van der Waals surface area contributed by atoms with E-state index in [1.807, 2.05) is 0 Å². The fraction of sp³-hybridized carbons (Fsp3) is 0.417. The number of esters is 2. The van der Waals surface area contributed by atoms with Crippen LogP contribution < -0.4 is 5.32 Å². The molecule has 0 fully saturated rings. The van der Waals surface area contributed by atoms with Gasteiger partial charge in [0.25, 0.3) is 0 Å². The van der Waals surface area contributed by atoms with Gasteiger partial charge in [0.2, 0.25) is 6.41 Å². The molecule has 19 heavy (non-hydrogen) atoms. The molecule has 1 aromatic rings. The zero-order valence-corrected chi connectivity index (χ0v) is 11.8. The van der Waals surface area contributed by atoms with Crippen LogP contribution in [0.2, 0.25) is 0 Å². The van der Waals surface area contributed by atoms with Crippen LogP contribution in [0, 0.1) is 6.92 Å². The normalized spacial score (nSPS) is 9.84. The van der Waals surface area contributed by atoms with Crippen molar-refractivity contribution in [2.45, 2.75) is 20.8 Å². The van der Waals surface area contributed by atoms with Gasteiger partial charge in [0, 0.05) is 0 Å². The van der Waals surface area contributed by atoms with E-state index >= 15 is 0 Å². The maximum atomic E-state index is 11.8. The number of hydrogen-bond donors (Lipinski definition) is 1. The maximum Gasteiger partial charge on any atom is 0.348 e. The Labute approximate surface area is 114 Å². The van der Waals surface area contributed by atoms with Gasteiger partial charge < -0.3 is 14.8 Å². The van der Waals surface area contributed by atoms with Gasteiger partial charge in [-0.2, -0.15) is 0 Å². The van der Waals surface area contributed by atoms with Crippen molar-refractivity contribution in [3.05, 3.63) is 16.0 Å². The third kappa shape index (κ3) is 3.31. The summed E-state index contributed by atoms with van der Waals surface area (Å²) in [6, 6.07) is 0. The third-order valence-electron chi connectivity index (χ3n) is 2.28. The largest absolute Gasteiger partial charge is 0.462 e. The van der Waals surface area contributed by atoms with E-state index in [9.17, 15) is 14.4 Å². The molecule has 1 heterocycles. The monoisotopic (exact) mass is 285 g/mol. The predicted molar refractivity (Wildman–Crippen MR) is 70.7 cm³/mol. The maximum absolute atomic E-state index is 11.8. The van der Waals surface area contributed by atoms with E-state index in [2.05, 4.69) is 5.32 Å². The molecule has 104 valence electrons. The van der Waals surface area contributed by atoms with Crippen LogP contribution >= 0.6 is 11.3 Å². The molecule has 0 atom stereocenters. The highest BCUT2D eigenvalue weighted by atomic mass is 32.1. The van der Waals surface area contributed by atoms with E-state index in [0.717, 1.165) is 11.3 Å². The molecular formula is C12H15NO5S. The van der Waals surface area contributed by atoms with Crippen LogP contribution in [-0.4, -0.2) is 31.6 Å². The zero-order valence-electron chi connectivity index (χ0n) is 10.9. The van der Waals surface area contributed by atoms with Gasteiger partial charge in [0.15, 0.2) is 0 Å². The van der Waals surface area contributed by atoms with Gasteiger partial charge in [0.05, 0.1) is 18.8 Å². The molecule has 1 rings (SSSR count). The van der Waals surface area contributed by atoms with Gasteiger partial charge in [-0.05, 0) is 26.3 Å². The SMILES string of the molecule is CCOC(=O)c1sc(NC=O)c(C(=O)OCC)c1C. The van der Waals surface area contributed by atoms with Gasteiger partial charge in [-0.15, -0.1) is 11.3 Å². The number of thiophene rings is 1. The highest BCUT2D eigenvalue weighted by Crippen LogP contribution is 2.33. The summed E-state index contributed by atoms with van der Waals surface area (Å²) in [5, 5.41) is 2.69. The van der Waals surface area contributed by atoms with Gasteiger partial charge in [-0.1, -0.05) is 0 Å². The van der Waals surface area contributed by atoms with Crippen LogP contribution in [0.4, 0.5) is 5.00 Å². The molecule has 1 N–H and O–H groups in total. The second-order valence-corrected chi connectivity index (χ2v) is 4.48. The quantitative estimate of drug-likeness (QED) is 0.638. The van der Waals surface area contributed by atoms with Crippen molar-refractivity contribution in [1.29, 1.82) is 0 Å². The van der Waals surface area contributed by atoms with Gasteiger partial charge >= 0.3 is 11.9 Å². The van der Waals surface area contributed by atoms with E-state index in [0.29, 0.717) is 12.0 Å². The lowest BCUT2D eigenvalue weighted by Gasteiger charge is -2.04. The standard InChI is InChI=1S/C12H15NO5S/c1-4-17-11(15)8-7(3)9(12(16)18-5-2)19-10(8)13-6-14/h6H,4-5H2,1-3H3,(H,13,14). The molecule has 0 spiro atoms. The second-order valence-electron chi connectivity index (χ2n) is 3.46. The Morgan fingerprint density at radius 2 is 1.79 bits per heavy atom. The van der Waals surface area contributed by atoms with Crippen LogP contribution in [0.5, 0.6) is 0 Å². The van der Waals surface area contributed by atoms with Crippen LogP contribution in [0.3, 0.4) is 0 Å². The minimum Gasteiger partial charge on any atom is -0.462 e. The Kier molecular flexibility index (Phi) is 5.50. The molecular weight excluding hydrogens is 270 g/mol. The highest BCUT2D eigenvalue weighted by Gasteiger charge is 2.26. The summed E-state index contributed by atoms with van der Waals surface area (Å²) in [5.74, 6) is -1.09. The summed E-state index contributed by atoms with van der Waals surface area (Å²) in [6.45, 7) is 5.44. The minimum absolute atomic E-state index is 0.196. The zero-order chi connectivity index (χ0) is 14.4. The first-order valence-corrected chi connectivity index (χ1v) is 6.56. The lowest BCUT2D eigenvalue weighted by Crippen LogP contribution is -2.09. The first-order chi connectivity index (χ1) is 9.06. The summed E-state index contributed by atoms with van der Waals surface area (Å²) >= 11 is 0.995. The molecule has 0 radical (unpaired) electrons. The molecule has 6 nitrogen and oxygen atoms in total. The molecule has 0 aliphatic heterocycles. The summed E-state index contributed by atoms with van der Waals surface area (Å²) in [7, 11) is 0. The average Bonchev–Trinajstić information content (AvgIpc) is 2.67. The molecule has 1 amide bonds. The van der Waals surface area contributed by atoms with E-state index < -0.39 is 11.9 Å². The van der Waals surface area contributed by atoms with Crippen molar-refractivity contribution in [2.75, 3.05) is 18.5 Å². The van der Waals surface area contributed by atoms with Crippen molar-refractivity contribution in [3.63, 3.8) is 0 Å². The summed E-state index contributed by atoms with van der Waals surface area (Å²) in [4.78, 5) is 34.4. The van der Waals surface area contributed by atoms with Crippen molar-refractivity contribution in [1.82, 2.24) is 0 Å². The lowest BCUT2D eigenvalue weighted by molar-refractivity contribution is -0.105. The number of carbonyl (C=O) groups is 3. The molecule has 0 saturated carbocycles. The van der Waals surface area contributed by atoms with Crippen molar-refractivity contribution in [2.24, 2.45) is 0 Å². The highest BCUT2D eigenvalue weighted by molar-refractivity contribution is 7.18. The lowest BCUT2D eigenvalue weighted by atomic mass is 10.1. The average molecular weight is 285 g/mol. The second kappa shape index (κ2) is 6.89. The smallest absolute Gasteiger partial charge is 0.348 e. The molecule has 0 bridgehead atoms. The van der Waals surface area contributed by atoms with E-state index in [-0.39, 0.29) is 28.7 Å². The van der Waals surface area contributed by atoms with E-state index in [1.54, 1.807) is 20.8 Å². The number of ether oxygens (including phenoxy) is 2. The summed E-state index contributed by atoms with van der Waals surface area (Å²) < 4.78 is 9.81. The Morgan fingerprint density at radius 1 is 1.21 bits per heavy atom. The van der Waals surface area contributed by atoms with E-state index in [4.69, 9.17) is 9.47 Å². The van der Waals surface area contributed by atoms with Crippen LogP contribution in [-0.2, 0) is 14.3 Å². The number of carbonyl (C=O) groups excluding carboxylic acids is 3. The Morgan fingerprint density at radius 3 is 2.32 bits per heavy atom. The third-order valence-corrected chi connectivity index (χ3v) is 3.48. The summed E-state index contributed by atoms with van der Waals surface area (Å²) in [6.07, 6.45) is 0.447. The molecule has 0 saturated heterocycles. The van der Waals surface area contributed by atoms with Gasteiger partial charge in [-0.3, -0.25) is 4.79 Å². The number of hydrogen-bond acceptors (Lipinski definition) is 6. The fourth-order valence-electron chi connectivity index (χ4n) is 1.51. The van der Waals surface area contributed by atoms with Crippen LogP contribution in [0.15, 0.2) is 0 Å². The number of rotatable bonds is 6. The molecule has 0 unspecified atom stereocenters. The van der Waals surface area contributed by atoms with Crippen molar-refractivity contribution < 1.29 is 23.9 Å². The van der Waals surface area contributed by atoms with Crippen molar-refractivity contribution >= 4 is 34.7 Å². The number of anilines is 1. The summed E-state index contributed by atoms with van der Waals surface area (Å²) in [5.41, 5.74) is 0.647. The first kappa shape index (κ1) is 15.2. The minimum atomic E-state index is -0.573. The van der Waals surface area contributed by atoms with Gasteiger partial charge in [-0.25, -0.2) is 9.59 Å². The Balaban J connectivity index is 3.23. The number of nitrogens with one attached hydrogen (secondary N) is 1. The molecule has 0 aliphatic rings. The van der Waals surface area contributed by atoms with Gasteiger partial charge in [0.1, 0.15) is 9.88 Å². The Hall–Kier alpha value is -1.89. The van der Waals surface area contributed by atoms with E-state index in [1.165, 1.54) is 0 Å². The van der Waals surface area contributed by atoms with Crippen LogP contribution in [0.25, 0.3) is 0 Å². The number of amides is 1. The molecule has 1 aromatic heterocycles. The fourth-order valence-corrected chi connectivity index (χ4v) is 2.56. The molecule has 0 aliphatic carbocycles. The molecule has 0 aromatic carbocycles. The topological polar surface area (TPSA) is 81.7 Å².